The summed E-state index contributed by atoms with van der Waals surface area (Å²) < 4.78 is 17.3. The lowest BCUT2D eigenvalue weighted by Gasteiger charge is -2.38. The lowest BCUT2D eigenvalue weighted by molar-refractivity contribution is -0.190. The molecule has 0 unspecified atom stereocenters. The summed E-state index contributed by atoms with van der Waals surface area (Å²) >= 11 is 0. The molecule has 1 heterocycles. The SMILES string of the molecule is CC(C)C[C@@H](C(=O)OC(C)(C)C)C(CN1C(=O)c2ccccc2C1=O)(C(=O)OCc1ccccc1)C(=O)OCc1ccccc1. The van der Waals surface area contributed by atoms with Crippen molar-refractivity contribution in [2.45, 2.75) is 59.9 Å². The zero-order chi connectivity index (χ0) is 32.8. The van der Waals surface area contributed by atoms with Crippen LogP contribution in [0.15, 0.2) is 84.9 Å². The number of carbonyl (C=O) groups is 5. The topological polar surface area (TPSA) is 116 Å². The molecule has 1 atom stereocenters. The Balaban J connectivity index is 1.86. The van der Waals surface area contributed by atoms with Crippen molar-refractivity contribution in [3.8, 4) is 0 Å². The monoisotopic (exact) mass is 613 g/mol. The highest BCUT2D eigenvalue weighted by molar-refractivity contribution is 6.22. The molecule has 3 aromatic rings. The number of nitrogens with zero attached hydrogens (tertiary/aromatic N) is 1. The molecule has 0 bridgehead atoms. The average Bonchev–Trinajstić information content (AvgIpc) is 3.25. The predicted molar refractivity (Wildman–Crippen MR) is 166 cm³/mol. The molecule has 0 aliphatic carbocycles. The lowest BCUT2D eigenvalue weighted by atomic mass is 9.70. The minimum Gasteiger partial charge on any atom is -0.460 e. The van der Waals surface area contributed by atoms with Crippen molar-refractivity contribution in [1.29, 1.82) is 0 Å². The predicted octanol–water partition coefficient (Wildman–Crippen LogP) is 5.76. The molecule has 2 amide bonds. The summed E-state index contributed by atoms with van der Waals surface area (Å²) in [4.78, 5) is 71.0. The third-order valence-corrected chi connectivity index (χ3v) is 7.43. The number of hydrogen-bond donors (Lipinski definition) is 0. The minimum atomic E-state index is -2.45. The maximum atomic E-state index is 14.5. The maximum Gasteiger partial charge on any atom is 0.326 e. The van der Waals surface area contributed by atoms with Crippen LogP contribution in [0, 0.1) is 17.3 Å². The Kier molecular flexibility index (Phi) is 10.2. The van der Waals surface area contributed by atoms with E-state index in [2.05, 4.69) is 0 Å². The number of benzene rings is 3. The van der Waals surface area contributed by atoms with E-state index in [-0.39, 0.29) is 36.7 Å². The second-order valence-corrected chi connectivity index (χ2v) is 12.6. The van der Waals surface area contributed by atoms with Gasteiger partial charge in [0.1, 0.15) is 18.8 Å². The summed E-state index contributed by atoms with van der Waals surface area (Å²) in [7, 11) is 0. The number of ether oxygens (including phenoxy) is 3. The van der Waals surface area contributed by atoms with E-state index >= 15 is 0 Å². The Morgan fingerprint density at radius 3 is 1.51 bits per heavy atom. The molecule has 0 radical (unpaired) electrons. The number of amides is 2. The summed E-state index contributed by atoms with van der Waals surface area (Å²) in [5.41, 5.74) is -1.90. The van der Waals surface area contributed by atoms with Gasteiger partial charge in [-0.25, -0.2) is 0 Å². The van der Waals surface area contributed by atoms with Gasteiger partial charge in [-0.1, -0.05) is 86.6 Å². The molecular weight excluding hydrogens is 574 g/mol. The van der Waals surface area contributed by atoms with Crippen LogP contribution in [0.2, 0.25) is 0 Å². The summed E-state index contributed by atoms with van der Waals surface area (Å²) in [6, 6.07) is 23.9. The first kappa shape index (κ1) is 33.1. The van der Waals surface area contributed by atoms with Crippen LogP contribution in [-0.4, -0.2) is 46.8 Å². The zero-order valence-electron chi connectivity index (χ0n) is 26.3. The average molecular weight is 614 g/mol. The third kappa shape index (κ3) is 7.66. The summed E-state index contributed by atoms with van der Waals surface area (Å²) in [6.45, 7) is 7.44. The standard InChI is InChI=1S/C36H39NO8/c1-24(2)20-29(32(40)45-35(3,4)5)36(33(41)43-21-25-14-8-6-9-15-25,34(42)44-22-26-16-10-7-11-17-26)23-37-30(38)27-18-12-13-19-28(27)31(37)39/h6-19,24,29H,20-23H2,1-5H3/t29-/m0/s1. The van der Waals surface area contributed by atoms with Crippen molar-refractivity contribution in [3.63, 3.8) is 0 Å². The van der Waals surface area contributed by atoms with Crippen LogP contribution in [0.5, 0.6) is 0 Å². The van der Waals surface area contributed by atoms with E-state index in [1.165, 1.54) is 12.1 Å². The van der Waals surface area contributed by atoms with Crippen LogP contribution in [0.4, 0.5) is 0 Å². The Bertz CT molecular complexity index is 1450. The Labute approximate surface area is 263 Å². The number of fused-ring (bicyclic) bond motifs is 1. The molecule has 9 heteroatoms. The van der Waals surface area contributed by atoms with Gasteiger partial charge < -0.3 is 14.2 Å². The number of carbonyl (C=O) groups excluding carboxylic acids is 5. The summed E-state index contributed by atoms with van der Waals surface area (Å²) in [5.74, 6) is -6.12. The summed E-state index contributed by atoms with van der Waals surface area (Å²) in [5, 5.41) is 0. The molecular formula is C36H39NO8. The van der Waals surface area contributed by atoms with Crippen molar-refractivity contribution >= 4 is 29.7 Å². The van der Waals surface area contributed by atoms with Crippen molar-refractivity contribution in [1.82, 2.24) is 4.90 Å². The van der Waals surface area contributed by atoms with Gasteiger partial charge in [-0.15, -0.1) is 0 Å². The van der Waals surface area contributed by atoms with Gasteiger partial charge in [-0.05, 0) is 56.4 Å². The fourth-order valence-corrected chi connectivity index (χ4v) is 5.29. The van der Waals surface area contributed by atoms with E-state index in [1.807, 2.05) is 13.8 Å². The largest absolute Gasteiger partial charge is 0.460 e. The normalized spacial score (nSPS) is 13.8. The highest BCUT2D eigenvalue weighted by atomic mass is 16.6. The molecule has 1 aliphatic heterocycles. The van der Waals surface area contributed by atoms with Crippen LogP contribution in [-0.2, 0) is 41.8 Å². The first-order chi connectivity index (χ1) is 21.3. The highest BCUT2D eigenvalue weighted by Gasteiger charge is 2.61. The van der Waals surface area contributed by atoms with Crippen LogP contribution >= 0.6 is 0 Å². The summed E-state index contributed by atoms with van der Waals surface area (Å²) in [6.07, 6.45) is -0.00104. The van der Waals surface area contributed by atoms with Gasteiger partial charge in [-0.2, -0.15) is 0 Å². The van der Waals surface area contributed by atoms with E-state index in [0.29, 0.717) is 11.1 Å². The Hall–Kier alpha value is -4.79. The van der Waals surface area contributed by atoms with Crippen LogP contribution in [0.1, 0.15) is 72.9 Å². The second kappa shape index (κ2) is 13.9. The second-order valence-electron chi connectivity index (χ2n) is 12.6. The van der Waals surface area contributed by atoms with Crippen LogP contribution in [0.25, 0.3) is 0 Å². The van der Waals surface area contributed by atoms with Gasteiger partial charge in [0.05, 0.1) is 23.6 Å². The minimum absolute atomic E-state index is 0.00104. The van der Waals surface area contributed by atoms with E-state index < -0.39 is 53.2 Å². The Morgan fingerprint density at radius 1 is 0.689 bits per heavy atom. The van der Waals surface area contributed by atoms with Crippen molar-refractivity contribution in [2.24, 2.45) is 17.3 Å². The Morgan fingerprint density at radius 2 is 1.11 bits per heavy atom. The van der Waals surface area contributed by atoms with Crippen LogP contribution in [0.3, 0.4) is 0 Å². The number of esters is 3. The molecule has 0 spiro atoms. The molecule has 1 aliphatic rings. The van der Waals surface area contributed by atoms with E-state index in [0.717, 1.165) is 4.90 Å². The highest BCUT2D eigenvalue weighted by Crippen LogP contribution is 2.41. The third-order valence-electron chi connectivity index (χ3n) is 7.43. The van der Waals surface area contributed by atoms with Crippen molar-refractivity contribution < 1.29 is 38.2 Å². The molecule has 0 saturated heterocycles. The lowest BCUT2D eigenvalue weighted by Crippen LogP contribution is -2.58. The van der Waals surface area contributed by atoms with Gasteiger partial charge in [0, 0.05) is 0 Å². The molecule has 9 nitrogen and oxygen atoms in total. The van der Waals surface area contributed by atoms with Gasteiger partial charge >= 0.3 is 17.9 Å². The molecule has 0 saturated carbocycles. The van der Waals surface area contributed by atoms with Crippen molar-refractivity contribution in [2.75, 3.05) is 6.54 Å². The van der Waals surface area contributed by atoms with E-state index in [1.54, 1.807) is 93.6 Å². The van der Waals surface area contributed by atoms with Gasteiger partial charge in [0.15, 0.2) is 5.41 Å². The fourth-order valence-electron chi connectivity index (χ4n) is 5.29. The van der Waals surface area contributed by atoms with Gasteiger partial charge in [-0.3, -0.25) is 28.9 Å². The quantitative estimate of drug-likeness (QED) is 0.110. The van der Waals surface area contributed by atoms with E-state index in [9.17, 15) is 24.0 Å². The molecule has 45 heavy (non-hydrogen) atoms. The molecule has 0 aromatic heterocycles. The number of imide groups is 1. The van der Waals surface area contributed by atoms with E-state index in [4.69, 9.17) is 14.2 Å². The smallest absolute Gasteiger partial charge is 0.326 e. The van der Waals surface area contributed by atoms with Gasteiger partial charge in [0.25, 0.3) is 11.8 Å². The first-order valence-corrected chi connectivity index (χ1v) is 14.9. The molecule has 3 aromatic carbocycles. The van der Waals surface area contributed by atoms with Gasteiger partial charge in [0.2, 0.25) is 0 Å². The first-order valence-electron chi connectivity index (χ1n) is 14.9. The molecule has 0 N–H and O–H groups in total. The molecule has 4 rings (SSSR count). The molecule has 0 fully saturated rings. The molecule has 236 valence electrons. The maximum absolute atomic E-state index is 14.5. The number of hydrogen-bond acceptors (Lipinski definition) is 8. The fraction of sp³-hybridized carbons (Fsp3) is 0.361. The van der Waals surface area contributed by atoms with Crippen molar-refractivity contribution in [3.05, 3.63) is 107 Å². The van der Waals surface area contributed by atoms with Crippen LogP contribution < -0.4 is 0 Å². The zero-order valence-corrected chi connectivity index (χ0v) is 26.3. The number of rotatable bonds is 12.